The van der Waals surface area contributed by atoms with E-state index in [1.165, 1.54) is 0 Å². The molecule has 0 aliphatic heterocycles. The Bertz CT molecular complexity index is 1070. The lowest BCUT2D eigenvalue weighted by Gasteiger charge is -2.12. The number of aryl methyl sites for hydroxylation is 1. The first-order chi connectivity index (χ1) is 14.1. The van der Waals surface area contributed by atoms with Gasteiger partial charge in [0.05, 0.1) is 19.4 Å². The van der Waals surface area contributed by atoms with Gasteiger partial charge in [-0.15, -0.1) is 0 Å². The molecule has 8 nitrogen and oxygen atoms in total. The summed E-state index contributed by atoms with van der Waals surface area (Å²) in [7, 11) is 1.60. The minimum absolute atomic E-state index is 0.150. The molecule has 0 saturated carbocycles. The van der Waals surface area contributed by atoms with Gasteiger partial charge in [0.2, 0.25) is 11.7 Å². The third-order valence-corrected chi connectivity index (χ3v) is 5.11. The largest absolute Gasteiger partial charge is 0.495 e. The summed E-state index contributed by atoms with van der Waals surface area (Å²) in [5, 5.41) is 7.31. The molecule has 0 amide bonds. The van der Waals surface area contributed by atoms with Crippen LogP contribution in [0.25, 0.3) is 11.4 Å². The number of ether oxygens (including phenoxy) is 2. The van der Waals surface area contributed by atoms with E-state index < -0.39 is 5.97 Å². The number of anilines is 2. The van der Waals surface area contributed by atoms with Crippen LogP contribution < -0.4 is 10.1 Å². The van der Waals surface area contributed by atoms with Gasteiger partial charge in [0.25, 0.3) is 0 Å². The van der Waals surface area contributed by atoms with Crippen LogP contribution in [0.2, 0.25) is 0 Å². The lowest BCUT2D eigenvalue weighted by Crippen LogP contribution is -2.06. The second kappa shape index (κ2) is 8.20. The first kappa shape index (κ1) is 19.4. The van der Waals surface area contributed by atoms with Crippen LogP contribution in [0.15, 0.2) is 33.4 Å². The highest BCUT2D eigenvalue weighted by atomic mass is 79.9. The van der Waals surface area contributed by atoms with Gasteiger partial charge in [-0.1, -0.05) is 21.1 Å². The topological polar surface area (TPSA) is 99.4 Å². The zero-order chi connectivity index (χ0) is 20.4. The van der Waals surface area contributed by atoms with E-state index in [4.69, 9.17) is 14.0 Å². The molecule has 0 unspecified atom stereocenters. The van der Waals surface area contributed by atoms with Crippen LogP contribution in [-0.2, 0) is 17.6 Å². The van der Waals surface area contributed by atoms with Gasteiger partial charge in [0.1, 0.15) is 17.1 Å². The average molecular weight is 459 g/mol. The van der Waals surface area contributed by atoms with Crippen LogP contribution in [0.1, 0.15) is 35.0 Å². The van der Waals surface area contributed by atoms with Crippen LogP contribution in [0.5, 0.6) is 5.75 Å². The van der Waals surface area contributed by atoms with Crippen molar-refractivity contribution in [3.05, 3.63) is 45.8 Å². The molecule has 0 radical (unpaired) electrons. The van der Waals surface area contributed by atoms with Crippen molar-refractivity contribution in [2.75, 3.05) is 19.0 Å². The van der Waals surface area contributed by atoms with Crippen LogP contribution in [0, 0.1) is 0 Å². The maximum atomic E-state index is 12.2. The third kappa shape index (κ3) is 3.82. The highest BCUT2D eigenvalue weighted by Crippen LogP contribution is 2.34. The van der Waals surface area contributed by atoms with E-state index in [1.807, 2.05) is 18.2 Å². The Balaban J connectivity index is 1.72. The Morgan fingerprint density at radius 1 is 1.31 bits per heavy atom. The Labute approximate surface area is 175 Å². The van der Waals surface area contributed by atoms with Gasteiger partial charge in [-0.05, 0) is 49.9 Å². The van der Waals surface area contributed by atoms with Crippen molar-refractivity contribution >= 4 is 33.5 Å². The molecule has 4 rings (SSSR count). The van der Waals surface area contributed by atoms with Crippen LogP contribution in [0.3, 0.4) is 0 Å². The molecule has 1 aliphatic carbocycles. The summed E-state index contributed by atoms with van der Waals surface area (Å²) >= 11 is 3.43. The predicted molar refractivity (Wildman–Crippen MR) is 109 cm³/mol. The molecule has 1 aromatic carbocycles. The van der Waals surface area contributed by atoms with Gasteiger partial charge in [-0.25, -0.2) is 14.8 Å². The van der Waals surface area contributed by atoms with Crippen molar-refractivity contribution in [1.82, 2.24) is 15.1 Å². The van der Waals surface area contributed by atoms with Crippen LogP contribution >= 0.6 is 15.9 Å². The molecular formula is C20H19BrN4O4. The van der Waals surface area contributed by atoms with Gasteiger partial charge in [-0.3, -0.25) is 0 Å². The summed E-state index contributed by atoms with van der Waals surface area (Å²) < 4.78 is 16.7. The number of esters is 1. The normalized spacial score (nSPS) is 12.5. The molecule has 0 saturated heterocycles. The Kier molecular flexibility index (Phi) is 5.48. The van der Waals surface area contributed by atoms with Gasteiger partial charge in [0, 0.05) is 16.2 Å². The number of aromatic nitrogens is 3. The van der Waals surface area contributed by atoms with Crippen molar-refractivity contribution in [2.45, 2.75) is 26.2 Å². The lowest BCUT2D eigenvalue weighted by atomic mass is 10.1. The Hall–Kier alpha value is -2.94. The van der Waals surface area contributed by atoms with E-state index in [0.717, 1.165) is 34.1 Å². The number of nitrogens with one attached hydrogen (secondary N) is 1. The molecule has 3 aromatic rings. The lowest BCUT2D eigenvalue weighted by molar-refractivity contribution is 0.0478. The number of hydrogen-bond donors (Lipinski definition) is 1. The molecule has 0 atom stereocenters. The molecule has 150 valence electrons. The molecular weight excluding hydrogens is 440 g/mol. The van der Waals surface area contributed by atoms with Crippen molar-refractivity contribution in [1.29, 1.82) is 0 Å². The SMILES string of the molecule is CCOC(=O)c1onc2c1CCCc1cnc(Nc3ccc(Br)cc3OC)nc1-2. The molecule has 2 heterocycles. The molecule has 0 spiro atoms. The smallest absolute Gasteiger partial charge is 0.377 e. The Morgan fingerprint density at radius 3 is 2.97 bits per heavy atom. The van der Waals surface area contributed by atoms with Gasteiger partial charge in [-0.2, -0.15) is 0 Å². The molecule has 2 aromatic heterocycles. The number of carbonyl (C=O) groups is 1. The first-order valence-corrected chi connectivity index (χ1v) is 10.0. The first-order valence-electron chi connectivity index (χ1n) is 9.23. The van der Waals surface area contributed by atoms with Crippen molar-refractivity contribution in [3.63, 3.8) is 0 Å². The molecule has 29 heavy (non-hydrogen) atoms. The van der Waals surface area contributed by atoms with Gasteiger partial charge in [0.15, 0.2) is 0 Å². The van der Waals surface area contributed by atoms with E-state index in [9.17, 15) is 4.79 Å². The summed E-state index contributed by atoms with van der Waals surface area (Å²) in [6.07, 6.45) is 4.07. The predicted octanol–water partition coefficient (Wildman–Crippen LogP) is 4.31. The van der Waals surface area contributed by atoms with E-state index >= 15 is 0 Å². The molecule has 1 N–H and O–H groups in total. The molecule has 0 bridgehead atoms. The summed E-state index contributed by atoms with van der Waals surface area (Å²) in [6, 6.07) is 5.63. The fraction of sp³-hybridized carbons (Fsp3) is 0.300. The number of fused-ring (bicyclic) bond motifs is 3. The molecule has 1 aliphatic rings. The number of methoxy groups -OCH3 is 1. The minimum atomic E-state index is -0.503. The van der Waals surface area contributed by atoms with E-state index in [2.05, 4.69) is 36.4 Å². The number of carbonyl (C=O) groups excluding carboxylic acids is 1. The quantitative estimate of drug-likeness (QED) is 0.564. The highest BCUT2D eigenvalue weighted by molar-refractivity contribution is 9.10. The third-order valence-electron chi connectivity index (χ3n) is 4.62. The summed E-state index contributed by atoms with van der Waals surface area (Å²) in [5.74, 6) is 0.705. The molecule has 0 fully saturated rings. The minimum Gasteiger partial charge on any atom is -0.495 e. The van der Waals surface area contributed by atoms with Crippen LogP contribution in [-0.4, -0.2) is 34.8 Å². The fourth-order valence-corrected chi connectivity index (χ4v) is 3.62. The number of hydrogen-bond acceptors (Lipinski definition) is 8. The van der Waals surface area contributed by atoms with Gasteiger partial charge < -0.3 is 19.3 Å². The van der Waals surface area contributed by atoms with E-state index in [1.54, 1.807) is 20.2 Å². The summed E-state index contributed by atoms with van der Waals surface area (Å²) in [6.45, 7) is 2.03. The maximum Gasteiger partial charge on any atom is 0.377 e. The molecule has 9 heteroatoms. The Morgan fingerprint density at radius 2 is 2.17 bits per heavy atom. The standard InChI is InChI=1S/C20H19BrN4O4/c1-3-28-19(26)18-13-6-4-5-11-10-22-20(24-16(11)17(13)25-29-18)23-14-8-7-12(21)9-15(14)27-2/h7-10H,3-6H2,1-2H3,(H,22,23,24). The van der Waals surface area contributed by atoms with Crippen LogP contribution in [0.4, 0.5) is 11.6 Å². The number of halogens is 1. The number of benzene rings is 1. The number of nitrogens with zero attached hydrogens (tertiary/aromatic N) is 3. The van der Waals surface area contributed by atoms with E-state index in [-0.39, 0.29) is 12.4 Å². The average Bonchev–Trinajstić information content (AvgIpc) is 3.06. The fourth-order valence-electron chi connectivity index (χ4n) is 3.28. The van der Waals surface area contributed by atoms with Crippen molar-refractivity contribution in [2.24, 2.45) is 0 Å². The van der Waals surface area contributed by atoms with Gasteiger partial charge >= 0.3 is 5.97 Å². The second-order valence-corrected chi connectivity index (χ2v) is 7.37. The summed E-state index contributed by atoms with van der Waals surface area (Å²) in [5.41, 5.74) is 3.64. The van der Waals surface area contributed by atoms with E-state index in [0.29, 0.717) is 29.5 Å². The zero-order valence-corrected chi connectivity index (χ0v) is 17.6. The summed E-state index contributed by atoms with van der Waals surface area (Å²) in [4.78, 5) is 21.3. The second-order valence-electron chi connectivity index (χ2n) is 6.45. The highest BCUT2D eigenvalue weighted by Gasteiger charge is 2.28. The van der Waals surface area contributed by atoms with Crippen molar-refractivity contribution < 1.29 is 18.8 Å². The number of rotatable bonds is 5. The van der Waals surface area contributed by atoms with Crippen molar-refractivity contribution in [3.8, 4) is 17.1 Å². The zero-order valence-electron chi connectivity index (χ0n) is 16.0. The monoisotopic (exact) mass is 458 g/mol. The maximum absolute atomic E-state index is 12.2.